The van der Waals surface area contributed by atoms with E-state index in [1.165, 1.54) is 0 Å². The fraction of sp³-hybridized carbons (Fsp3) is 0.0625. The van der Waals surface area contributed by atoms with Crippen LogP contribution in [0.3, 0.4) is 0 Å². The molecule has 104 valence electrons. The summed E-state index contributed by atoms with van der Waals surface area (Å²) < 4.78 is 1.06. The molecule has 0 fully saturated rings. The molecule has 1 aliphatic rings. The molecule has 2 aromatic carbocycles. The SMILES string of the molecule is O=C(CSN1C(=O)c2ccccc2C1=O)c1ccccc1. The van der Waals surface area contributed by atoms with Crippen molar-refractivity contribution in [3.8, 4) is 0 Å². The van der Waals surface area contributed by atoms with Gasteiger partial charge in [0.05, 0.1) is 16.9 Å². The largest absolute Gasteiger partial charge is 0.293 e. The first-order valence-electron chi connectivity index (χ1n) is 6.37. The van der Waals surface area contributed by atoms with Crippen molar-refractivity contribution in [3.63, 3.8) is 0 Å². The van der Waals surface area contributed by atoms with Crippen molar-refractivity contribution in [3.05, 3.63) is 71.3 Å². The Bertz CT molecular complexity index is 692. The number of Topliss-reactive ketones (excluding diaryl/α,β-unsaturated/α-hetero) is 1. The summed E-state index contributed by atoms with van der Waals surface area (Å²) in [7, 11) is 0. The van der Waals surface area contributed by atoms with E-state index in [1.807, 2.05) is 6.07 Å². The van der Waals surface area contributed by atoms with Crippen LogP contribution < -0.4 is 0 Å². The van der Waals surface area contributed by atoms with Crippen LogP contribution in [0, 0.1) is 0 Å². The minimum atomic E-state index is -0.360. The number of ketones is 1. The lowest BCUT2D eigenvalue weighted by atomic mass is 10.1. The van der Waals surface area contributed by atoms with Crippen LogP contribution in [0.2, 0.25) is 0 Å². The van der Waals surface area contributed by atoms with Crippen molar-refractivity contribution in [2.45, 2.75) is 0 Å². The lowest BCUT2D eigenvalue weighted by Crippen LogP contribution is -2.24. The lowest BCUT2D eigenvalue weighted by molar-refractivity contribution is 0.0777. The number of nitrogens with zero attached hydrogens (tertiary/aromatic N) is 1. The standard InChI is InChI=1S/C16H11NO3S/c18-14(11-6-2-1-3-7-11)10-21-17-15(19)12-8-4-5-9-13(12)16(17)20/h1-9H,10H2. The summed E-state index contributed by atoms with van der Waals surface area (Å²) >= 11 is 0.944. The second-order valence-corrected chi connectivity index (χ2v) is 5.42. The number of carbonyl (C=O) groups is 3. The van der Waals surface area contributed by atoms with Crippen molar-refractivity contribution in [2.24, 2.45) is 0 Å². The minimum absolute atomic E-state index is 0.0511. The molecule has 0 radical (unpaired) electrons. The van der Waals surface area contributed by atoms with Gasteiger partial charge in [-0.3, -0.25) is 14.4 Å². The van der Waals surface area contributed by atoms with Gasteiger partial charge in [-0.25, -0.2) is 4.31 Å². The average Bonchev–Trinajstić information content (AvgIpc) is 2.78. The van der Waals surface area contributed by atoms with Gasteiger partial charge < -0.3 is 0 Å². The van der Waals surface area contributed by atoms with Gasteiger partial charge in [0.25, 0.3) is 11.8 Å². The van der Waals surface area contributed by atoms with Gasteiger partial charge >= 0.3 is 0 Å². The minimum Gasteiger partial charge on any atom is -0.293 e. The van der Waals surface area contributed by atoms with Crippen LogP contribution in [0.15, 0.2) is 54.6 Å². The Hall–Kier alpha value is -2.40. The van der Waals surface area contributed by atoms with E-state index in [0.29, 0.717) is 16.7 Å². The number of carbonyl (C=O) groups excluding carboxylic acids is 3. The fourth-order valence-corrected chi connectivity index (χ4v) is 2.96. The summed E-state index contributed by atoms with van der Waals surface area (Å²) in [4.78, 5) is 36.3. The quantitative estimate of drug-likeness (QED) is 0.495. The number of fused-ring (bicyclic) bond motifs is 1. The molecule has 0 saturated carbocycles. The highest BCUT2D eigenvalue weighted by Gasteiger charge is 2.36. The van der Waals surface area contributed by atoms with Crippen LogP contribution in [-0.2, 0) is 0 Å². The monoisotopic (exact) mass is 297 g/mol. The first kappa shape index (κ1) is 13.6. The maximum Gasteiger partial charge on any atom is 0.271 e. The van der Waals surface area contributed by atoms with E-state index >= 15 is 0 Å². The van der Waals surface area contributed by atoms with E-state index in [1.54, 1.807) is 48.5 Å². The molecule has 21 heavy (non-hydrogen) atoms. The molecule has 0 atom stereocenters. The third-order valence-corrected chi connectivity index (χ3v) is 4.16. The average molecular weight is 297 g/mol. The van der Waals surface area contributed by atoms with Crippen LogP contribution >= 0.6 is 11.9 Å². The molecule has 0 spiro atoms. The summed E-state index contributed by atoms with van der Waals surface area (Å²) in [5, 5.41) is 0. The summed E-state index contributed by atoms with van der Waals surface area (Å²) in [6, 6.07) is 15.5. The molecule has 1 heterocycles. The van der Waals surface area contributed by atoms with E-state index in [2.05, 4.69) is 0 Å². The molecular formula is C16H11NO3S. The zero-order valence-electron chi connectivity index (χ0n) is 11.0. The van der Waals surface area contributed by atoms with Crippen LogP contribution in [0.25, 0.3) is 0 Å². The van der Waals surface area contributed by atoms with E-state index < -0.39 is 0 Å². The van der Waals surface area contributed by atoms with Gasteiger partial charge in [0.15, 0.2) is 5.78 Å². The first-order chi connectivity index (χ1) is 10.2. The van der Waals surface area contributed by atoms with Crippen molar-refractivity contribution in [2.75, 3.05) is 5.75 Å². The molecule has 0 saturated heterocycles. The molecule has 4 nitrogen and oxygen atoms in total. The number of imide groups is 1. The molecule has 3 rings (SSSR count). The molecule has 0 unspecified atom stereocenters. The van der Waals surface area contributed by atoms with E-state index in [-0.39, 0.29) is 23.4 Å². The predicted molar refractivity (Wildman–Crippen MR) is 80.2 cm³/mol. The maximum atomic E-state index is 12.1. The van der Waals surface area contributed by atoms with Crippen molar-refractivity contribution in [1.29, 1.82) is 0 Å². The van der Waals surface area contributed by atoms with Gasteiger partial charge in [-0.1, -0.05) is 42.5 Å². The lowest BCUT2D eigenvalue weighted by Gasteiger charge is -2.11. The van der Waals surface area contributed by atoms with E-state index in [9.17, 15) is 14.4 Å². The number of hydrogen-bond donors (Lipinski definition) is 0. The molecule has 2 aromatic rings. The third kappa shape index (κ3) is 2.48. The molecule has 0 bridgehead atoms. The zero-order chi connectivity index (χ0) is 14.8. The van der Waals surface area contributed by atoms with Gasteiger partial charge in [0.1, 0.15) is 0 Å². The second-order valence-electron chi connectivity index (χ2n) is 4.51. The summed E-state index contributed by atoms with van der Waals surface area (Å²) in [5.74, 6) is -0.782. The summed E-state index contributed by atoms with van der Waals surface area (Å²) in [6.07, 6.45) is 0. The Morgan fingerprint density at radius 2 is 1.38 bits per heavy atom. The summed E-state index contributed by atoms with van der Waals surface area (Å²) in [5.41, 5.74) is 1.35. The van der Waals surface area contributed by atoms with Gasteiger partial charge in [0.2, 0.25) is 0 Å². The van der Waals surface area contributed by atoms with Gasteiger partial charge in [-0.15, -0.1) is 0 Å². The van der Waals surface area contributed by atoms with E-state index in [0.717, 1.165) is 16.3 Å². The normalized spacial score (nSPS) is 13.4. The molecule has 5 heteroatoms. The number of hydrogen-bond acceptors (Lipinski definition) is 4. The highest BCUT2D eigenvalue weighted by Crippen LogP contribution is 2.28. The van der Waals surface area contributed by atoms with Crippen molar-refractivity contribution in [1.82, 2.24) is 4.31 Å². The molecule has 0 aliphatic carbocycles. The second kappa shape index (κ2) is 5.54. The Labute approximate surface area is 125 Å². The number of benzene rings is 2. The van der Waals surface area contributed by atoms with Crippen LogP contribution in [0.5, 0.6) is 0 Å². The third-order valence-electron chi connectivity index (χ3n) is 3.18. The molecule has 0 N–H and O–H groups in total. The fourth-order valence-electron chi connectivity index (χ4n) is 2.11. The Kier molecular flexibility index (Phi) is 3.58. The molecular weight excluding hydrogens is 286 g/mol. The Morgan fingerprint density at radius 1 is 0.857 bits per heavy atom. The highest BCUT2D eigenvalue weighted by molar-refractivity contribution is 7.98. The van der Waals surface area contributed by atoms with Crippen LogP contribution in [0.1, 0.15) is 31.1 Å². The van der Waals surface area contributed by atoms with Gasteiger partial charge in [0, 0.05) is 5.56 Å². The predicted octanol–water partition coefficient (Wildman–Crippen LogP) is 2.81. The van der Waals surface area contributed by atoms with Gasteiger partial charge in [-0.2, -0.15) is 0 Å². The van der Waals surface area contributed by atoms with E-state index in [4.69, 9.17) is 0 Å². The Morgan fingerprint density at radius 3 is 1.95 bits per heavy atom. The molecule has 2 amide bonds. The summed E-state index contributed by atoms with van der Waals surface area (Å²) in [6.45, 7) is 0. The smallest absolute Gasteiger partial charge is 0.271 e. The zero-order valence-corrected chi connectivity index (χ0v) is 11.8. The van der Waals surface area contributed by atoms with Crippen LogP contribution in [0.4, 0.5) is 0 Å². The Balaban J connectivity index is 1.72. The molecule has 1 aliphatic heterocycles. The highest BCUT2D eigenvalue weighted by atomic mass is 32.2. The first-order valence-corrected chi connectivity index (χ1v) is 7.31. The van der Waals surface area contributed by atoms with Crippen molar-refractivity contribution >= 4 is 29.5 Å². The van der Waals surface area contributed by atoms with Crippen molar-refractivity contribution < 1.29 is 14.4 Å². The number of rotatable bonds is 4. The molecule has 0 aromatic heterocycles. The maximum absolute atomic E-state index is 12.1. The topological polar surface area (TPSA) is 54.5 Å². The van der Waals surface area contributed by atoms with Crippen LogP contribution in [-0.4, -0.2) is 27.7 Å². The van der Waals surface area contributed by atoms with Gasteiger partial charge in [-0.05, 0) is 24.1 Å². The number of amides is 2.